The van der Waals surface area contributed by atoms with Gasteiger partial charge < -0.3 is 5.11 Å². The molecule has 0 unspecified atom stereocenters. The largest absolute Gasteiger partial charge is 0.394 e. The molecule has 0 aliphatic heterocycles. The lowest BCUT2D eigenvalue weighted by Crippen LogP contribution is -2.22. The molecule has 22 heavy (non-hydrogen) atoms. The molecule has 0 atom stereocenters. The summed E-state index contributed by atoms with van der Waals surface area (Å²) in [5.74, 6) is -0.476. The summed E-state index contributed by atoms with van der Waals surface area (Å²) >= 11 is 5.98. The Bertz CT molecular complexity index is 870. The smallest absolute Gasteiger partial charge is 0.264 e. The number of halogens is 2. The number of benzene rings is 1. The lowest BCUT2D eigenvalue weighted by Gasteiger charge is -2.08. The van der Waals surface area contributed by atoms with E-state index in [0.29, 0.717) is 11.0 Å². The Balaban J connectivity index is 2.06. The fourth-order valence-corrected chi connectivity index (χ4v) is 2.44. The maximum Gasteiger partial charge on any atom is 0.264 e. The van der Waals surface area contributed by atoms with Gasteiger partial charge in [-0.1, -0.05) is 17.7 Å². The minimum atomic E-state index is -0.476. The molecule has 0 aliphatic carbocycles. The zero-order valence-corrected chi connectivity index (χ0v) is 12.2. The van der Waals surface area contributed by atoms with Crippen LogP contribution in [0.4, 0.5) is 4.39 Å². The van der Waals surface area contributed by atoms with Crippen LogP contribution >= 0.6 is 11.6 Å². The zero-order chi connectivity index (χ0) is 15.7. The van der Waals surface area contributed by atoms with Crippen LogP contribution in [0.1, 0.15) is 5.56 Å². The first-order valence-corrected chi connectivity index (χ1v) is 6.94. The maximum atomic E-state index is 13.8. The number of rotatable bonds is 4. The molecule has 3 rings (SSSR count). The van der Waals surface area contributed by atoms with Crippen molar-refractivity contribution >= 4 is 22.6 Å². The van der Waals surface area contributed by atoms with Crippen molar-refractivity contribution in [2.24, 2.45) is 0 Å². The second-order valence-electron chi connectivity index (χ2n) is 4.71. The molecular formula is C14H12ClFN4O2. The molecule has 8 heteroatoms. The summed E-state index contributed by atoms with van der Waals surface area (Å²) < 4.78 is 16.5. The fraction of sp³-hybridized carbons (Fsp3) is 0.214. The molecule has 6 nitrogen and oxygen atoms in total. The van der Waals surface area contributed by atoms with Gasteiger partial charge in [0.15, 0.2) is 5.65 Å². The highest BCUT2D eigenvalue weighted by molar-refractivity contribution is 6.31. The van der Waals surface area contributed by atoms with Crippen molar-refractivity contribution < 1.29 is 9.50 Å². The van der Waals surface area contributed by atoms with Crippen molar-refractivity contribution in [3.8, 4) is 0 Å². The summed E-state index contributed by atoms with van der Waals surface area (Å²) in [6.45, 7) is 0.129. The van der Waals surface area contributed by atoms with Gasteiger partial charge in [-0.2, -0.15) is 5.10 Å². The number of aromatic nitrogens is 4. The molecular weight excluding hydrogens is 311 g/mol. The Morgan fingerprint density at radius 2 is 2.18 bits per heavy atom. The Kier molecular flexibility index (Phi) is 3.91. The van der Waals surface area contributed by atoms with E-state index in [1.165, 1.54) is 33.9 Å². The van der Waals surface area contributed by atoms with E-state index in [9.17, 15) is 9.18 Å². The van der Waals surface area contributed by atoms with Crippen LogP contribution in [0.15, 0.2) is 35.5 Å². The van der Waals surface area contributed by atoms with Crippen molar-refractivity contribution in [3.63, 3.8) is 0 Å². The number of fused-ring (bicyclic) bond motifs is 1. The molecule has 2 aromatic heterocycles. The highest BCUT2D eigenvalue weighted by Crippen LogP contribution is 2.19. The third-order valence-electron chi connectivity index (χ3n) is 3.32. The van der Waals surface area contributed by atoms with E-state index in [0.717, 1.165) is 0 Å². The van der Waals surface area contributed by atoms with Gasteiger partial charge in [-0.3, -0.25) is 9.36 Å². The molecule has 0 radical (unpaired) electrons. The Morgan fingerprint density at radius 3 is 2.91 bits per heavy atom. The first kappa shape index (κ1) is 14.7. The standard InChI is InChI=1S/C14H12ClFN4O2/c15-11-2-1-3-12(16)10(11)7-19-8-17-13-9(14(19)22)6-18-20(13)4-5-21/h1-3,6,8,21H,4-5,7H2. The average Bonchev–Trinajstić information content (AvgIpc) is 2.90. The molecule has 1 N–H and O–H groups in total. The van der Waals surface area contributed by atoms with Crippen LogP contribution in [0.25, 0.3) is 11.0 Å². The van der Waals surface area contributed by atoms with Gasteiger partial charge in [-0.25, -0.2) is 14.1 Å². The second kappa shape index (κ2) is 5.86. The van der Waals surface area contributed by atoms with Crippen LogP contribution in [0, 0.1) is 5.82 Å². The first-order valence-electron chi connectivity index (χ1n) is 6.56. The molecule has 0 aliphatic rings. The molecule has 3 aromatic rings. The second-order valence-corrected chi connectivity index (χ2v) is 5.11. The third kappa shape index (κ3) is 2.49. The van der Waals surface area contributed by atoms with Crippen molar-refractivity contribution in [2.75, 3.05) is 6.61 Å². The molecule has 2 heterocycles. The molecule has 0 amide bonds. The molecule has 0 spiro atoms. The fourth-order valence-electron chi connectivity index (χ4n) is 2.22. The van der Waals surface area contributed by atoms with Gasteiger partial charge in [0.2, 0.25) is 0 Å². The minimum Gasteiger partial charge on any atom is -0.394 e. The quantitative estimate of drug-likeness (QED) is 0.788. The highest BCUT2D eigenvalue weighted by Gasteiger charge is 2.13. The summed E-state index contributed by atoms with van der Waals surface area (Å²) in [5, 5.41) is 13.5. The number of aliphatic hydroxyl groups excluding tert-OH is 1. The van der Waals surface area contributed by atoms with Gasteiger partial charge in [0.05, 0.1) is 25.9 Å². The summed E-state index contributed by atoms with van der Waals surface area (Å²) in [6, 6.07) is 4.36. The molecule has 1 aromatic carbocycles. The highest BCUT2D eigenvalue weighted by atomic mass is 35.5. The van der Waals surface area contributed by atoms with E-state index in [1.54, 1.807) is 6.07 Å². The van der Waals surface area contributed by atoms with Crippen LogP contribution in [0.2, 0.25) is 5.02 Å². The number of hydrogen-bond donors (Lipinski definition) is 1. The molecule has 0 fully saturated rings. The number of nitrogens with zero attached hydrogens (tertiary/aromatic N) is 4. The SMILES string of the molecule is O=c1c2cnn(CCO)c2ncn1Cc1c(F)cccc1Cl. The monoisotopic (exact) mass is 322 g/mol. The predicted molar refractivity (Wildman–Crippen MR) is 79.4 cm³/mol. The van der Waals surface area contributed by atoms with E-state index in [2.05, 4.69) is 10.1 Å². The summed E-state index contributed by atoms with van der Waals surface area (Å²) in [4.78, 5) is 16.6. The van der Waals surface area contributed by atoms with E-state index < -0.39 is 5.82 Å². The Hall–Kier alpha value is -2.25. The van der Waals surface area contributed by atoms with E-state index >= 15 is 0 Å². The van der Waals surface area contributed by atoms with Gasteiger partial charge >= 0.3 is 0 Å². The van der Waals surface area contributed by atoms with Gasteiger partial charge in [-0.05, 0) is 12.1 Å². The lowest BCUT2D eigenvalue weighted by molar-refractivity contribution is 0.271. The topological polar surface area (TPSA) is 72.9 Å². The van der Waals surface area contributed by atoms with E-state index in [4.69, 9.17) is 16.7 Å². The van der Waals surface area contributed by atoms with Gasteiger partial charge in [0.25, 0.3) is 5.56 Å². The molecule has 0 bridgehead atoms. The summed E-state index contributed by atoms with van der Waals surface area (Å²) in [6.07, 6.45) is 2.71. The maximum absolute atomic E-state index is 13.8. The zero-order valence-electron chi connectivity index (χ0n) is 11.4. The molecule has 114 valence electrons. The van der Waals surface area contributed by atoms with Gasteiger partial charge in [-0.15, -0.1) is 0 Å². The summed E-state index contributed by atoms with van der Waals surface area (Å²) in [7, 11) is 0. The first-order chi connectivity index (χ1) is 10.6. The van der Waals surface area contributed by atoms with Crippen molar-refractivity contribution in [1.82, 2.24) is 19.3 Å². The lowest BCUT2D eigenvalue weighted by atomic mass is 10.2. The Labute approximate surface area is 129 Å². The molecule has 0 saturated heterocycles. The van der Waals surface area contributed by atoms with Gasteiger partial charge in [0.1, 0.15) is 17.5 Å². The average molecular weight is 323 g/mol. The van der Waals surface area contributed by atoms with Crippen molar-refractivity contribution in [2.45, 2.75) is 13.1 Å². The van der Waals surface area contributed by atoms with Crippen molar-refractivity contribution in [1.29, 1.82) is 0 Å². The van der Waals surface area contributed by atoms with Crippen molar-refractivity contribution in [3.05, 3.63) is 57.5 Å². The van der Waals surface area contributed by atoms with Crippen LogP contribution in [0.5, 0.6) is 0 Å². The number of hydrogen-bond acceptors (Lipinski definition) is 4. The number of aliphatic hydroxyl groups is 1. The van der Waals surface area contributed by atoms with Crippen LogP contribution in [-0.2, 0) is 13.1 Å². The summed E-state index contributed by atoms with van der Waals surface area (Å²) in [5.41, 5.74) is 0.276. The Morgan fingerprint density at radius 1 is 1.36 bits per heavy atom. The normalized spacial score (nSPS) is 11.2. The van der Waals surface area contributed by atoms with Crippen LogP contribution in [-0.4, -0.2) is 31.0 Å². The third-order valence-corrected chi connectivity index (χ3v) is 3.68. The minimum absolute atomic E-state index is 0.0154. The van der Waals surface area contributed by atoms with Crippen LogP contribution < -0.4 is 5.56 Å². The van der Waals surface area contributed by atoms with Crippen LogP contribution in [0.3, 0.4) is 0 Å². The molecule has 0 saturated carbocycles. The predicted octanol–water partition coefficient (Wildman–Crippen LogP) is 1.43. The van der Waals surface area contributed by atoms with E-state index in [-0.39, 0.29) is 35.8 Å². The van der Waals surface area contributed by atoms with E-state index in [1.807, 2.05) is 0 Å². The van der Waals surface area contributed by atoms with Gasteiger partial charge in [0, 0.05) is 10.6 Å².